The number of benzene rings is 2. The number of hydrogen-bond acceptors (Lipinski definition) is 1. The molecule has 1 N–H and O–H groups in total. The maximum atomic E-state index is 13.7. The Morgan fingerprint density at radius 2 is 1.95 bits per heavy atom. The van der Waals surface area contributed by atoms with Crippen LogP contribution in [0.5, 0.6) is 0 Å². The van der Waals surface area contributed by atoms with Gasteiger partial charge in [-0.15, -0.1) is 0 Å². The first-order chi connectivity index (χ1) is 9.49. The largest absolute Gasteiger partial charge is 0.345 e. The minimum absolute atomic E-state index is 0.209. The lowest BCUT2D eigenvalue weighted by Crippen LogP contribution is -2.27. The SMILES string of the molecule is Cc1ccc(Br)cc1C(=O)NC(C)c1ccccc1F. The first-order valence-corrected chi connectivity index (χ1v) is 7.10. The predicted molar refractivity (Wildman–Crippen MR) is 81.2 cm³/mol. The number of aryl methyl sites for hydroxylation is 1. The number of hydrogen-bond donors (Lipinski definition) is 1. The number of carbonyl (C=O) groups excluding carboxylic acids is 1. The highest BCUT2D eigenvalue weighted by molar-refractivity contribution is 9.10. The molecule has 1 unspecified atom stereocenters. The molecule has 1 atom stereocenters. The highest BCUT2D eigenvalue weighted by Gasteiger charge is 2.15. The molecule has 1 amide bonds. The Bertz CT molecular complexity index is 642. The maximum Gasteiger partial charge on any atom is 0.252 e. The second-order valence-corrected chi connectivity index (χ2v) is 5.59. The Hall–Kier alpha value is -1.68. The van der Waals surface area contributed by atoms with E-state index in [4.69, 9.17) is 0 Å². The van der Waals surface area contributed by atoms with Gasteiger partial charge in [0.1, 0.15) is 5.82 Å². The summed E-state index contributed by atoms with van der Waals surface area (Å²) in [5.74, 6) is -0.522. The van der Waals surface area contributed by atoms with Crippen molar-refractivity contribution in [2.75, 3.05) is 0 Å². The highest BCUT2D eigenvalue weighted by Crippen LogP contribution is 2.19. The summed E-state index contributed by atoms with van der Waals surface area (Å²) in [5, 5.41) is 2.82. The van der Waals surface area contributed by atoms with E-state index in [1.807, 2.05) is 19.1 Å². The van der Waals surface area contributed by atoms with Crippen molar-refractivity contribution in [1.82, 2.24) is 5.32 Å². The second-order valence-electron chi connectivity index (χ2n) is 4.68. The first kappa shape index (κ1) is 14.7. The molecule has 2 aromatic carbocycles. The van der Waals surface area contributed by atoms with Gasteiger partial charge in [-0.3, -0.25) is 4.79 Å². The third-order valence-corrected chi connectivity index (χ3v) is 3.66. The fraction of sp³-hybridized carbons (Fsp3) is 0.188. The number of rotatable bonds is 3. The normalized spacial score (nSPS) is 12.0. The van der Waals surface area contributed by atoms with E-state index in [-0.39, 0.29) is 17.8 Å². The van der Waals surface area contributed by atoms with Crippen LogP contribution in [0.1, 0.15) is 34.5 Å². The van der Waals surface area contributed by atoms with Crippen LogP contribution in [0.3, 0.4) is 0 Å². The summed E-state index contributed by atoms with van der Waals surface area (Å²) < 4.78 is 14.5. The average molecular weight is 336 g/mol. The summed E-state index contributed by atoms with van der Waals surface area (Å²) >= 11 is 3.35. The smallest absolute Gasteiger partial charge is 0.252 e. The summed E-state index contributed by atoms with van der Waals surface area (Å²) in [6.45, 7) is 3.64. The van der Waals surface area contributed by atoms with E-state index in [0.717, 1.165) is 10.0 Å². The standard InChI is InChI=1S/C16H15BrFNO/c1-10-7-8-12(17)9-14(10)16(20)19-11(2)13-5-3-4-6-15(13)18/h3-9,11H,1-2H3,(H,19,20). The molecule has 0 heterocycles. The number of amides is 1. The lowest BCUT2D eigenvalue weighted by atomic mass is 10.1. The Morgan fingerprint density at radius 1 is 1.25 bits per heavy atom. The molecule has 0 saturated carbocycles. The Balaban J connectivity index is 2.20. The lowest BCUT2D eigenvalue weighted by Gasteiger charge is -2.16. The van der Waals surface area contributed by atoms with Crippen LogP contribution in [0.2, 0.25) is 0 Å². The third kappa shape index (κ3) is 3.25. The molecule has 20 heavy (non-hydrogen) atoms. The van der Waals surface area contributed by atoms with Crippen LogP contribution in [-0.4, -0.2) is 5.91 Å². The zero-order valence-electron chi connectivity index (χ0n) is 11.3. The molecular formula is C16H15BrFNO. The van der Waals surface area contributed by atoms with Crippen LogP contribution in [-0.2, 0) is 0 Å². The zero-order chi connectivity index (χ0) is 14.7. The summed E-state index contributed by atoms with van der Waals surface area (Å²) in [4.78, 5) is 12.3. The summed E-state index contributed by atoms with van der Waals surface area (Å²) in [6.07, 6.45) is 0. The monoisotopic (exact) mass is 335 g/mol. The van der Waals surface area contributed by atoms with E-state index in [2.05, 4.69) is 21.2 Å². The molecule has 0 saturated heterocycles. The average Bonchev–Trinajstić information content (AvgIpc) is 2.41. The molecule has 0 aromatic heterocycles. The topological polar surface area (TPSA) is 29.1 Å². The number of halogens is 2. The summed E-state index contributed by atoms with van der Waals surface area (Å²) in [5.41, 5.74) is 1.95. The van der Waals surface area contributed by atoms with Crippen LogP contribution in [0, 0.1) is 12.7 Å². The molecule has 2 rings (SSSR count). The molecule has 0 aliphatic rings. The first-order valence-electron chi connectivity index (χ1n) is 6.30. The van der Waals surface area contributed by atoms with Gasteiger partial charge < -0.3 is 5.32 Å². The molecule has 2 nitrogen and oxygen atoms in total. The Morgan fingerprint density at radius 3 is 2.65 bits per heavy atom. The molecule has 4 heteroatoms. The van der Waals surface area contributed by atoms with Crippen molar-refractivity contribution in [2.45, 2.75) is 19.9 Å². The van der Waals surface area contributed by atoms with Gasteiger partial charge in [-0.05, 0) is 37.6 Å². The fourth-order valence-electron chi connectivity index (χ4n) is 2.02. The molecule has 2 aromatic rings. The minimum Gasteiger partial charge on any atom is -0.345 e. The van der Waals surface area contributed by atoms with Gasteiger partial charge in [-0.1, -0.05) is 40.2 Å². The highest BCUT2D eigenvalue weighted by atomic mass is 79.9. The van der Waals surface area contributed by atoms with Crippen molar-refractivity contribution in [3.8, 4) is 0 Å². The van der Waals surface area contributed by atoms with E-state index in [1.165, 1.54) is 6.07 Å². The summed E-state index contributed by atoms with van der Waals surface area (Å²) in [6, 6.07) is 11.6. The quantitative estimate of drug-likeness (QED) is 0.885. The van der Waals surface area contributed by atoms with Gasteiger partial charge >= 0.3 is 0 Å². The second kappa shape index (κ2) is 6.18. The molecule has 0 radical (unpaired) electrons. The molecule has 0 spiro atoms. The van der Waals surface area contributed by atoms with E-state index < -0.39 is 0 Å². The molecule has 104 valence electrons. The molecule has 0 aliphatic carbocycles. The molecule has 0 fully saturated rings. The maximum absolute atomic E-state index is 13.7. The Kier molecular flexibility index (Phi) is 4.55. The van der Waals surface area contributed by atoms with Crippen LogP contribution >= 0.6 is 15.9 Å². The van der Waals surface area contributed by atoms with Crippen molar-refractivity contribution < 1.29 is 9.18 Å². The minimum atomic E-state index is -0.387. The van der Waals surface area contributed by atoms with Gasteiger partial charge in [0.05, 0.1) is 6.04 Å². The van der Waals surface area contributed by atoms with Crippen LogP contribution < -0.4 is 5.32 Å². The molecule has 0 aliphatic heterocycles. The van der Waals surface area contributed by atoms with E-state index >= 15 is 0 Å². The molecular weight excluding hydrogens is 321 g/mol. The fourth-order valence-corrected chi connectivity index (χ4v) is 2.38. The van der Waals surface area contributed by atoms with Gasteiger partial charge in [-0.2, -0.15) is 0 Å². The van der Waals surface area contributed by atoms with E-state index in [1.54, 1.807) is 31.2 Å². The van der Waals surface area contributed by atoms with Gasteiger partial charge in [-0.25, -0.2) is 4.39 Å². The van der Waals surface area contributed by atoms with Crippen molar-refractivity contribution >= 4 is 21.8 Å². The predicted octanol–water partition coefficient (Wildman–Crippen LogP) is 4.39. The lowest BCUT2D eigenvalue weighted by molar-refractivity contribution is 0.0938. The van der Waals surface area contributed by atoms with Crippen molar-refractivity contribution in [1.29, 1.82) is 0 Å². The van der Waals surface area contributed by atoms with Gasteiger partial charge in [0, 0.05) is 15.6 Å². The van der Waals surface area contributed by atoms with E-state index in [9.17, 15) is 9.18 Å². The van der Waals surface area contributed by atoms with Crippen LogP contribution in [0.4, 0.5) is 4.39 Å². The van der Waals surface area contributed by atoms with Crippen molar-refractivity contribution in [3.63, 3.8) is 0 Å². The van der Waals surface area contributed by atoms with Crippen molar-refractivity contribution in [3.05, 3.63) is 69.4 Å². The van der Waals surface area contributed by atoms with E-state index in [0.29, 0.717) is 11.1 Å². The number of nitrogens with one attached hydrogen (secondary N) is 1. The van der Waals surface area contributed by atoms with Gasteiger partial charge in [0.2, 0.25) is 0 Å². The van der Waals surface area contributed by atoms with Crippen LogP contribution in [0.15, 0.2) is 46.9 Å². The third-order valence-electron chi connectivity index (χ3n) is 3.16. The Labute approximate surface area is 126 Å². The van der Waals surface area contributed by atoms with Crippen molar-refractivity contribution in [2.24, 2.45) is 0 Å². The number of carbonyl (C=O) groups is 1. The summed E-state index contributed by atoms with van der Waals surface area (Å²) in [7, 11) is 0. The zero-order valence-corrected chi connectivity index (χ0v) is 12.9. The van der Waals surface area contributed by atoms with Gasteiger partial charge in [0.15, 0.2) is 0 Å². The van der Waals surface area contributed by atoms with Gasteiger partial charge in [0.25, 0.3) is 5.91 Å². The van der Waals surface area contributed by atoms with Crippen LogP contribution in [0.25, 0.3) is 0 Å². The molecule has 0 bridgehead atoms.